The fraction of sp³-hybridized carbons (Fsp3) is 0.143. The number of hydrogen-bond acceptors (Lipinski definition) is 2. The first-order valence-corrected chi connectivity index (χ1v) is 5.50. The monoisotopic (exact) mass is 232 g/mol. The first-order valence-electron chi connectivity index (χ1n) is 5.10. The molecule has 0 atom stereocenters. The Kier molecular flexibility index (Phi) is 5.09. The zero-order valence-electron chi connectivity index (χ0n) is 9.51. The van der Waals surface area contributed by atoms with Crippen molar-refractivity contribution in [2.75, 3.05) is 0 Å². The molecule has 0 amide bonds. The van der Waals surface area contributed by atoms with Gasteiger partial charge in [0.1, 0.15) is 0 Å². The highest BCUT2D eigenvalue weighted by molar-refractivity contribution is 7.74. The smallest absolute Gasteiger partial charge is 0.0155 e. The predicted molar refractivity (Wildman–Crippen MR) is 73.0 cm³/mol. The molecule has 1 nitrogen and oxygen atoms in total. The summed E-state index contributed by atoms with van der Waals surface area (Å²) in [6, 6.07) is 17.1. The van der Waals surface area contributed by atoms with Gasteiger partial charge in [-0.25, -0.2) is 0 Å². The molecule has 2 heteroatoms. The van der Waals surface area contributed by atoms with Gasteiger partial charge in [-0.15, -0.1) is 0 Å². The summed E-state index contributed by atoms with van der Waals surface area (Å²) in [5.74, 6) is 0. The van der Waals surface area contributed by atoms with E-state index in [4.69, 9.17) is 4.55 Å². The van der Waals surface area contributed by atoms with Crippen LogP contribution in [-0.2, 0) is 0 Å². The quantitative estimate of drug-likeness (QED) is 0.553. The van der Waals surface area contributed by atoms with Crippen LogP contribution in [0.3, 0.4) is 0 Å². The van der Waals surface area contributed by atoms with E-state index in [9.17, 15) is 0 Å². The van der Waals surface area contributed by atoms with Gasteiger partial charge >= 0.3 is 0 Å². The Labute approximate surface area is 102 Å². The van der Waals surface area contributed by atoms with Gasteiger partial charge in [-0.05, 0) is 43.4 Å². The van der Waals surface area contributed by atoms with Crippen LogP contribution in [0, 0.1) is 13.8 Å². The molecule has 0 radical (unpaired) electrons. The molecule has 84 valence electrons. The molecule has 0 aliphatic carbocycles. The van der Waals surface area contributed by atoms with E-state index in [1.54, 1.807) is 0 Å². The third kappa shape index (κ3) is 3.12. The lowest BCUT2D eigenvalue weighted by Crippen LogP contribution is -1.83. The van der Waals surface area contributed by atoms with Gasteiger partial charge in [-0.2, -0.15) is 0 Å². The van der Waals surface area contributed by atoms with Crippen LogP contribution in [0.15, 0.2) is 48.5 Å². The van der Waals surface area contributed by atoms with Crippen LogP contribution >= 0.6 is 12.9 Å². The van der Waals surface area contributed by atoms with Crippen LogP contribution in [-0.4, -0.2) is 4.55 Å². The van der Waals surface area contributed by atoms with Crippen molar-refractivity contribution in [1.29, 1.82) is 0 Å². The van der Waals surface area contributed by atoms with Crippen molar-refractivity contribution in [3.63, 3.8) is 0 Å². The Morgan fingerprint density at radius 1 is 0.875 bits per heavy atom. The Morgan fingerprint density at radius 2 is 1.50 bits per heavy atom. The minimum Gasteiger partial charge on any atom is -0.333 e. The second-order valence-electron chi connectivity index (χ2n) is 3.68. The van der Waals surface area contributed by atoms with Gasteiger partial charge in [0.15, 0.2) is 0 Å². The fourth-order valence-corrected chi connectivity index (χ4v) is 1.76. The van der Waals surface area contributed by atoms with E-state index < -0.39 is 0 Å². The van der Waals surface area contributed by atoms with Gasteiger partial charge in [-0.1, -0.05) is 54.1 Å². The van der Waals surface area contributed by atoms with Crippen molar-refractivity contribution in [1.82, 2.24) is 0 Å². The normalized spacial score (nSPS) is 9.25. The molecule has 0 aliphatic heterocycles. The topological polar surface area (TPSA) is 20.2 Å². The molecule has 0 aromatic heterocycles. The summed E-state index contributed by atoms with van der Waals surface area (Å²) in [6.07, 6.45) is 0. The standard InChI is InChI=1S/C14H14.H2OS/c1-11-8-9-14(12(2)10-11)13-6-4-3-5-7-13;1-2/h3-10H,1-2H3;1-2H. The summed E-state index contributed by atoms with van der Waals surface area (Å²) in [5, 5.41) is 0. The third-order valence-corrected chi connectivity index (χ3v) is 2.47. The first kappa shape index (κ1) is 12.8. The van der Waals surface area contributed by atoms with Crippen LogP contribution in [0.5, 0.6) is 0 Å². The van der Waals surface area contributed by atoms with E-state index in [2.05, 4.69) is 69.2 Å². The van der Waals surface area contributed by atoms with Gasteiger partial charge in [0, 0.05) is 0 Å². The van der Waals surface area contributed by atoms with Crippen molar-refractivity contribution >= 4 is 12.9 Å². The summed E-state index contributed by atoms with van der Waals surface area (Å²) < 4.78 is 6.69. The number of benzene rings is 2. The SMILES string of the molecule is Cc1ccc(-c2ccccc2)c(C)c1.OS. The second kappa shape index (κ2) is 6.36. The maximum absolute atomic E-state index is 6.69. The average molecular weight is 232 g/mol. The summed E-state index contributed by atoms with van der Waals surface area (Å²) >= 11 is 2.53. The molecular weight excluding hydrogens is 216 g/mol. The molecule has 2 rings (SSSR count). The van der Waals surface area contributed by atoms with E-state index in [0.717, 1.165) is 0 Å². The molecule has 1 N–H and O–H groups in total. The van der Waals surface area contributed by atoms with Crippen LogP contribution in [0.4, 0.5) is 0 Å². The highest BCUT2D eigenvalue weighted by Crippen LogP contribution is 2.23. The molecule has 0 unspecified atom stereocenters. The number of hydrogen-bond donors (Lipinski definition) is 2. The minimum absolute atomic E-state index is 1.30. The van der Waals surface area contributed by atoms with E-state index >= 15 is 0 Å². The van der Waals surface area contributed by atoms with Crippen LogP contribution in [0.1, 0.15) is 11.1 Å². The van der Waals surface area contributed by atoms with Gasteiger partial charge < -0.3 is 4.55 Å². The van der Waals surface area contributed by atoms with E-state index in [0.29, 0.717) is 0 Å². The molecule has 0 saturated heterocycles. The van der Waals surface area contributed by atoms with Crippen LogP contribution in [0.2, 0.25) is 0 Å². The number of aryl methyl sites for hydroxylation is 2. The lowest BCUT2D eigenvalue weighted by molar-refractivity contribution is 0.679. The van der Waals surface area contributed by atoms with Crippen LogP contribution in [0.25, 0.3) is 11.1 Å². The Morgan fingerprint density at radius 3 is 2.06 bits per heavy atom. The van der Waals surface area contributed by atoms with Crippen molar-refractivity contribution in [3.05, 3.63) is 59.7 Å². The Bertz CT molecular complexity index is 438. The maximum atomic E-state index is 6.69. The van der Waals surface area contributed by atoms with Crippen molar-refractivity contribution in [2.45, 2.75) is 13.8 Å². The van der Waals surface area contributed by atoms with Crippen LogP contribution < -0.4 is 0 Å². The van der Waals surface area contributed by atoms with E-state index in [1.165, 1.54) is 22.3 Å². The van der Waals surface area contributed by atoms with E-state index in [-0.39, 0.29) is 0 Å². The first-order chi connectivity index (χ1) is 7.77. The lowest BCUT2D eigenvalue weighted by atomic mass is 9.99. The molecule has 0 spiro atoms. The molecule has 0 heterocycles. The highest BCUT2D eigenvalue weighted by Gasteiger charge is 1.99. The summed E-state index contributed by atoms with van der Waals surface area (Å²) in [5.41, 5.74) is 5.29. The number of rotatable bonds is 1. The predicted octanol–water partition coefficient (Wildman–Crippen LogP) is 4.36. The van der Waals surface area contributed by atoms with Gasteiger partial charge in [0.05, 0.1) is 0 Å². The second-order valence-corrected chi connectivity index (χ2v) is 3.68. The molecule has 16 heavy (non-hydrogen) atoms. The summed E-state index contributed by atoms with van der Waals surface area (Å²) in [4.78, 5) is 0. The minimum atomic E-state index is 1.30. The van der Waals surface area contributed by atoms with Crippen molar-refractivity contribution < 1.29 is 4.55 Å². The number of thiol groups is 1. The zero-order valence-corrected chi connectivity index (χ0v) is 10.4. The van der Waals surface area contributed by atoms with Gasteiger partial charge in [0.25, 0.3) is 0 Å². The summed E-state index contributed by atoms with van der Waals surface area (Å²) in [6.45, 7) is 4.29. The van der Waals surface area contributed by atoms with E-state index in [1.807, 2.05) is 6.07 Å². The van der Waals surface area contributed by atoms with Gasteiger partial charge in [0.2, 0.25) is 0 Å². The fourth-order valence-electron chi connectivity index (χ4n) is 1.76. The molecule has 0 fully saturated rings. The lowest BCUT2D eigenvalue weighted by Gasteiger charge is -2.06. The molecule has 0 aliphatic rings. The molecule has 2 aromatic rings. The molecule has 0 saturated carbocycles. The summed E-state index contributed by atoms with van der Waals surface area (Å²) in [7, 11) is 0. The molecular formula is C14H16OS. The third-order valence-electron chi connectivity index (χ3n) is 2.47. The maximum Gasteiger partial charge on any atom is -0.0155 e. The van der Waals surface area contributed by atoms with Gasteiger partial charge in [-0.3, -0.25) is 0 Å². The zero-order chi connectivity index (χ0) is 12.0. The van der Waals surface area contributed by atoms with Crippen molar-refractivity contribution in [2.24, 2.45) is 0 Å². The highest BCUT2D eigenvalue weighted by atomic mass is 32.1. The molecule has 2 aromatic carbocycles. The average Bonchev–Trinajstić information content (AvgIpc) is 2.33. The molecule has 0 bridgehead atoms. The largest absolute Gasteiger partial charge is 0.333 e. The Hall–Kier alpha value is -1.25. The van der Waals surface area contributed by atoms with Crippen molar-refractivity contribution in [3.8, 4) is 11.1 Å². The Balaban J connectivity index is 0.000000606.